The molecule has 0 radical (unpaired) electrons. The third-order valence-electron chi connectivity index (χ3n) is 6.56. The molecular formula is C27H29N3O3. The molecule has 2 fully saturated rings. The largest absolute Gasteiger partial charge is 0.490 e. The summed E-state index contributed by atoms with van der Waals surface area (Å²) >= 11 is 0. The fourth-order valence-electron chi connectivity index (χ4n) is 4.79. The van der Waals surface area contributed by atoms with Crippen LogP contribution in [0.5, 0.6) is 17.2 Å². The van der Waals surface area contributed by atoms with Crippen molar-refractivity contribution in [3.63, 3.8) is 0 Å². The lowest BCUT2D eigenvalue weighted by Gasteiger charge is -2.36. The lowest BCUT2D eigenvalue weighted by molar-refractivity contribution is 0.0662. The number of nitrogens with zero attached hydrogens (tertiary/aromatic N) is 1. The molecule has 5 rings (SSSR count). The SMILES string of the molecule is CN1[C@H]2CC[C@H]1CC(Oc1ccc(NC(=O)Nc3ccc(Oc4ccccc4)cc3)cc1)C2. The molecule has 2 bridgehead atoms. The van der Waals surface area contributed by atoms with Gasteiger partial charge in [-0.05, 0) is 93.4 Å². The number of amides is 2. The monoisotopic (exact) mass is 443 g/mol. The van der Waals surface area contributed by atoms with Crippen molar-refractivity contribution in [1.29, 1.82) is 0 Å². The normalized spacial score (nSPS) is 21.9. The van der Waals surface area contributed by atoms with Gasteiger partial charge in [0.25, 0.3) is 0 Å². The maximum absolute atomic E-state index is 12.4. The van der Waals surface area contributed by atoms with E-state index < -0.39 is 0 Å². The van der Waals surface area contributed by atoms with Gasteiger partial charge in [0, 0.05) is 23.5 Å². The van der Waals surface area contributed by atoms with Crippen molar-refractivity contribution in [1.82, 2.24) is 4.90 Å². The van der Waals surface area contributed by atoms with E-state index in [1.807, 2.05) is 78.9 Å². The van der Waals surface area contributed by atoms with Gasteiger partial charge in [0.05, 0.1) is 0 Å². The molecule has 2 aliphatic rings. The molecule has 170 valence electrons. The molecule has 6 nitrogen and oxygen atoms in total. The Bertz CT molecular complexity index is 1060. The average molecular weight is 444 g/mol. The second-order valence-corrected chi connectivity index (χ2v) is 8.80. The Morgan fingerprint density at radius 3 is 1.85 bits per heavy atom. The Hall–Kier alpha value is -3.51. The number of piperidine rings is 1. The molecule has 2 atom stereocenters. The number of ether oxygens (including phenoxy) is 2. The quantitative estimate of drug-likeness (QED) is 0.481. The second-order valence-electron chi connectivity index (χ2n) is 8.80. The van der Waals surface area contributed by atoms with Crippen LogP contribution >= 0.6 is 0 Å². The van der Waals surface area contributed by atoms with Gasteiger partial charge in [0.1, 0.15) is 23.4 Å². The molecule has 2 aliphatic heterocycles. The molecule has 2 amide bonds. The minimum atomic E-state index is -0.299. The summed E-state index contributed by atoms with van der Waals surface area (Å²) in [5.74, 6) is 2.33. The number of urea groups is 1. The van der Waals surface area contributed by atoms with Gasteiger partial charge < -0.3 is 25.0 Å². The summed E-state index contributed by atoms with van der Waals surface area (Å²) in [4.78, 5) is 14.9. The van der Waals surface area contributed by atoms with E-state index in [0.29, 0.717) is 29.2 Å². The second kappa shape index (κ2) is 9.55. The molecule has 2 saturated heterocycles. The number of anilines is 2. The van der Waals surface area contributed by atoms with Crippen LogP contribution in [0, 0.1) is 0 Å². The van der Waals surface area contributed by atoms with E-state index >= 15 is 0 Å². The summed E-state index contributed by atoms with van der Waals surface area (Å²) in [7, 11) is 2.23. The van der Waals surface area contributed by atoms with E-state index in [0.717, 1.165) is 24.3 Å². The smallest absolute Gasteiger partial charge is 0.323 e. The topological polar surface area (TPSA) is 62.8 Å². The van der Waals surface area contributed by atoms with E-state index in [-0.39, 0.29) is 12.1 Å². The third-order valence-corrected chi connectivity index (χ3v) is 6.56. The summed E-state index contributed by atoms with van der Waals surface area (Å²) in [6, 6.07) is 25.4. The van der Waals surface area contributed by atoms with E-state index in [1.165, 1.54) is 12.8 Å². The zero-order valence-electron chi connectivity index (χ0n) is 18.7. The molecule has 0 spiro atoms. The number of rotatable bonds is 6. The summed E-state index contributed by atoms with van der Waals surface area (Å²) < 4.78 is 12.0. The minimum Gasteiger partial charge on any atom is -0.490 e. The van der Waals surface area contributed by atoms with Gasteiger partial charge in [0.2, 0.25) is 0 Å². The zero-order chi connectivity index (χ0) is 22.6. The number of nitrogens with one attached hydrogen (secondary N) is 2. The Morgan fingerprint density at radius 1 is 0.758 bits per heavy atom. The Balaban J connectivity index is 1.10. The van der Waals surface area contributed by atoms with Crippen LogP contribution in [0.4, 0.5) is 16.2 Å². The summed E-state index contributed by atoms with van der Waals surface area (Å²) in [6.45, 7) is 0. The van der Waals surface area contributed by atoms with Crippen molar-refractivity contribution in [2.75, 3.05) is 17.7 Å². The molecule has 3 aromatic rings. The Kier molecular flexibility index (Phi) is 6.17. The first-order valence-corrected chi connectivity index (χ1v) is 11.5. The van der Waals surface area contributed by atoms with Crippen LogP contribution in [0.15, 0.2) is 78.9 Å². The molecule has 0 unspecified atom stereocenters. The number of fused-ring (bicyclic) bond motifs is 2. The first-order valence-electron chi connectivity index (χ1n) is 11.5. The highest BCUT2D eigenvalue weighted by Gasteiger charge is 2.39. The Labute approximate surface area is 194 Å². The molecule has 0 aliphatic carbocycles. The summed E-state index contributed by atoms with van der Waals surface area (Å²) in [5.41, 5.74) is 1.40. The van der Waals surface area contributed by atoms with E-state index in [2.05, 4.69) is 22.6 Å². The lowest BCUT2D eigenvalue weighted by Crippen LogP contribution is -2.43. The molecule has 0 saturated carbocycles. The van der Waals surface area contributed by atoms with Crippen molar-refractivity contribution >= 4 is 17.4 Å². The van der Waals surface area contributed by atoms with Crippen LogP contribution < -0.4 is 20.1 Å². The van der Waals surface area contributed by atoms with Gasteiger partial charge in [0.15, 0.2) is 0 Å². The third kappa shape index (κ3) is 5.29. The maximum atomic E-state index is 12.4. The zero-order valence-corrected chi connectivity index (χ0v) is 18.7. The van der Waals surface area contributed by atoms with Gasteiger partial charge in [-0.15, -0.1) is 0 Å². The van der Waals surface area contributed by atoms with Gasteiger partial charge in [-0.2, -0.15) is 0 Å². The molecule has 6 heteroatoms. The molecule has 33 heavy (non-hydrogen) atoms. The van der Waals surface area contributed by atoms with Crippen molar-refractivity contribution < 1.29 is 14.3 Å². The fraction of sp³-hybridized carbons (Fsp3) is 0.296. The van der Waals surface area contributed by atoms with Crippen molar-refractivity contribution in [2.24, 2.45) is 0 Å². The maximum Gasteiger partial charge on any atom is 0.323 e. The van der Waals surface area contributed by atoms with E-state index in [9.17, 15) is 4.79 Å². The van der Waals surface area contributed by atoms with Crippen LogP contribution in [-0.2, 0) is 0 Å². The van der Waals surface area contributed by atoms with Crippen LogP contribution in [0.1, 0.15) is 25.7 Å². The lowest BCUT2D eigenvalue weighted by atomic mass is 10.0. The minimum absolute atomic E-state index is 0.273. The highest BCUT2D eigenvalue weighted by Crippen LogP contribution is 2.36. The highest BCUT2D eigenvalue weighted by molar-refractivity contribution is 5.99. The van der Waals surface area contributed by atoms with Crippen LogP contribution in [0.25, 0.3) is 0 Å². The van der Waals surface area contributed by atoms with Crippen LogP contribution in [-0.4, -0.2) is 36.2 Å². The summed E-state index contributed by atoms with van der Waals surface area (Å²) in [6.07, 6.45) is 5.01. The molecule has 2 heterocycles. The van der Waals surface area contributed by atoms with Gasteiger partial charge in [-0.3, -0.25) is 0 Å². The number of para-hydroxylation sites is 1. The van der Waals surface area contributed by atoms with E-state index in [4.69, 9.17) is 9.47 Å². The van der Waals surface area contributed by atoms with Crippen molar-refractivity contribution in [2.45, 2.75) is 43.9 Å². The first-order chi connectivity index (χ1) is 16.1. The average Bonchev–Trinajstić information content (AvgIpc) is 3.03. The number of benzene rings is 3. The van der Waals surface area contributed by atoms with Crippen molar-refractivity contribution in [3.05, 3.63) is 78.9 Å². The van der Waals surface area contributed by atoms with Crippen LogP contribution in [0.3, 0.4) is 0 Å². The predicted molar refractivity (Wildman–Crippen MR) is 130 cm³/mol. The first kappa shape index (κ1) is 21.3. The number of carbonyl (C=O) groups excluding carboxylic acids is 1. The number of hydrogen-bond acceptors (Lipinski definition) is 4. The van der Waals surface area contributed by atoms with E-state index in [1.54, 1.807) is 0 Å². The van der Waals surface area contributed by atoms with Gasteiger partial charge >= 0.3 is 6.03 Å². The van der Waals surface area contributed by atoms with Gasteiger partial charge in [-0.25, -0.2) is 4.79 Å². The molecular weight excluding hydrogens is 414 g/mol. The molecule has 0 aromatic heterocycles. The van der Waals surface area contributed by atoms with Crippen LogP contribution in [0.2, 0.25) is 0 Å². The standard InChI is InChI=1S/C27H29N3O3/c1-30-21-11-12-22(30)18-26(17-21)33-25-15-9-20(10-16-25)29-27(31)28-19-7-13-24(14-8-19)32-23-5-3-2-4-6-23/h2-10,13-16,21-22,26H,11-12,17-18H2,1H3,(H2,28,29,31)/t21-,22-/m0/s1. The Morgan fingerprint density at radius 2 is 1.27 bits per heavy atom. The summed E-state index contributed by atoms with van der Waals surface area (Å²) in [5, 5.41) is 5.70. The van der Waals surface area contributed by atoms with Gasteiger partial charge in [-0.1, -0.05) is 18.2 Å². The molecule has 2 N–H and O–H groups in total. The highest BCUT2D eigenvalue weighted by atomic mass is 16.5. The molecule has 3 aromatic carbocycles. The predicted octanol–water partition coefficient (Wildman–Crippen LogP) is 6.13. The van der Waals surface area contributed by atoms with Crippen molar-refractivity contribution in [3.8, 4) is 17.2 Å². The fourth-order valence-corrected chi connectivity index (χ4v) is 4.79. The number of carbonyl (C=O) groups is 1. The number of hydrogen-bond donors (Lipinski definition) is 2.